The number of furan rings is 1. The third-order valence-electron chi connectivity index (χ3n) is 2.76. The second-order valence-corrected chi connectivity index (χ2v) is 4.17. The molecule has 0 saturated carbocycles. The SMILES string of the molecule is CNCCNC(=O)c1ccc(-c2ccco2)nc1C.Cl.Cl. The first kappa shape index (κ1) is 19.4. The second kappa shape index (κ2) is 9.39. The van der Waals surface area contributed by atoms with Crippen LogP contribution in [0.3, 0.4) is 0 Å². The summed E-state index contributed by atoms with van der Waals surface area (Å²) in [5.41, 5.74) is 2.01. The van der Waals surface area contributed by atoms with Crippen molar-refractivity contribution in [2.24, 2.45) is 0 Å². The van der Waals surface area contributed by atoms with E-state index in [4.69, 9.17) is 4.42 Å². The van der Waals surface area contributed by atoms with E-state index >= 15 is 0 Å². The molecule has 0 radical (unpaired) electrons. The van der Waals surface area contributed by atoms with Crippen LogP contribution in [0.25, 0.3) is 11.5 Å². The largest absolute Gasteiger partial charge is 0.463 e. The fourth-order valence-electron chi connectivity index (χ4n) is 1.76. The van der Waals surface area contributed by atoms with Crippen LogP contribution in [0.15, 0.2) is 34.9 Å². The summed E-state index contributed by atoms with van der Waals surface area (Å²) >= 11 is 0. The van der Waals surface area contributed by atoms with Crippen molar-refractivity contribution in [1.29, 1.82) is 0 Å². The Bertz CT molecular complexity index is 559. The number of aromatic nitrogens is 1. The lowest BCUT2D eigenvalue weighted by atomic mass is 10.1. The van der Waals surface area contributed by atoms with Gasteiger partial charge in [0.2, 0.25) is 0 Å². The van der Waals surface area contributed by atoms with Gasteiger partial charge in [-0.15, -0.1) is 24.8 Å². The zero-order valence-electron chi connectivity index (χ0n) is 11.9. The van der Waals surface area contributed by atoms with Crippen LogP contribution in [0, 0.1) is 6.92 Å². The Morgan fingerprint density at radius 1 is 1.24 bits per heavy atom. The van der Waals surface area contributed by atoms with Crippen LogP contribution in [0.4, 0.5) is 0 Å². The van der Waals surface area contributed by atoms with Crippen LogP contribution in [-0.2, 0) is 0 Å². The predicted octanol–water partition coefficient (Wildman–Crippen LogP) is 2.44. The molecule has 2 aromatic rings. The van der Waals surface area contributed by atoms with E-state index in [1.54, 1.807) is 18.4 Å². The van der Waals surface area contributed by atoms with Crippen molar-refractivity contribution in [3.8, 4) is 11.5 Å². The second-order valence-electron chi connectivity index (χ2n) is 4.17. The van der Waals surface area contributed by atoms with Crippen LogP contribution < -0.4 is 10.6 Å². The van der Waals surface area contributed by atoms with Gasteiger partial charge in [0.25, 0.3) is 5.91 Å². The molecule has 116 valence electrons. The van der Waals surface area contributed by atoms with E-state index in [0.29, 0.717) is 23.6 Å². The van der Waals surface area contributed by atoms with Crippen molar-refractivity contribution in [3.63, 3.8) is 0 Å². The molecular formula is C14H19Cl2N3O2. The van der Waals surface area contributed by atoms with Gasteiger partial charge in [-0.1, -0.05) is 0 Å². The molecule has 2 rings (SSSR count). The van der Waals surface area contributed by atoms with Crippen molar-refractivity contribution >= 4 is 30.7 Å². The third kappa shape index (κ3) is 5.04. The Kier molecular flexibility index (Phi) is 8.69. The van der Waals surface area contributed by atoms with Gasteiger partial charge < -0.3 is 15.1 Å². The molecule has 0 fully saturated rings. The molecule has 0 aliphatic carbocycles. The lowest BCUT2D eigenvalue weighted by molar-refractivity contribution is 0.0953. The van der Waals surface area contributed by atoms with Crippen LogP contribution in [0.2, 0.25) is 0 Å². The first-order chi connectivity index (χ1) is 9.22. The Labute approximate surface area is 136 Å². The van der Waals surface area contributed by atoms with E-state index in [9.17, 15) is 4.79 Å². The average molecular weight is 332 g/mol. The Hall–Kier alpha value is -1.56. The highest BCUT2D eigenvalue weighted by Crippen LogP contribution is 2.19. The fourth-order valence-corrected chi connectivity index (χ4v) is 1.76. The molecule has 0 bridgehead atoms. The highest BCUT2D eigenvalue weighted by atomic mass is 35.5. The molecule has 0 atom stereocenters. The number of nitrogens with one attached hydrogen (secondary N) is 2. The summed E-state index contributed by atoms with van der Waals surface area (Å²) in [6, 6.07) is 7.22. The van der Waals surface area contributed by atoms with Crippen molar-refractivity contribution in [3.05, 3.63) is 41.8 Å². The number of nitrogens with zero attached hydrogens (tertiary/aromatic N) is 1. The van der Waals surface area contributed by atoms with Gasteiger partial charge in [0.05, 0.1) is 17.5 Å². The molecule has 0 aromatic carbocycles. The van der Waals surface area contributed by atoms with E-state index < -0.39 is 0 Å². The number of hydrogen-bond acceptors (Lipinski definition) is 4. The summed E-state index contributed by atoms with van der Waals surface area (Å²) in [6.45, 7) is 3.15. The van der Waals surface area contributed by atoms with Gasteiger partial charge in [0, 0.05) is 13.1 Å². The minimum Gasteiger partial charge on any atom is -0.463 e. The molecule has 0 aliphatic heterocycles. The van der Waals surface area contributed by atoms with Gasteiger partial charge >= 0.3 is 0 Å². The average Bonchev–Trinajstić information content (AvgIpc) is 2.92. The minimum atomic E-state index is -0.105. The van der Waals surface area contributed by atoms with Gasteiger partial charge in [-0.2, -0.15) is 0 Å². The molecule has 0 unspecified atom stereocenters. The van der Waals surface area contributed by atoms with E-state index in [0.717, 1.165) is 12.2 Å². The molecule has 2 aromatic heterocycles. The summed E-state index contributed by atoms with van der Waals surface area (Å²) in [5.74, 6) is 0.594. The number of hydrogen-bond donors (Lipinski definition) is 2. The fraction of sp³-hybridized carbons (Fsp3) is 0.286. The number of amides is 1. The number of rotatable bonds is 5. The normalized spacial score (nSPS) is 9.43. The van der Waals surface area contributed by atoms with Crippen molar-refractivity contribution in [1.82, 2.24) is 15.6 Å². The van der Waals surface area contributed by atoms with E-state index in [2.05, 4.69) is 15.6 Å². The highest BCUT2D eigenvalue weighted by Gasteiger charge is 2.11. The summed E-state index contributed by atoms with van der Waals surface area (Å²) in [6.07, 6.45) is 1.60. The monoisotopic (exact) mass is 331 g/mol. The predicted molar refractivity (Wildman–Crippen MR) is 87.4 cm³/mol. The molecule has 5 nitrogen and oxygen atoms in total. The van der Waals surface area contributed by atoms with Crippen molar-refractivity contribution in [2.75, 3.05) is 20.1 Å². The number of aryl methyl sites for hydroxylation is 1. The molecule has 0 spiro atoms. The van der Waals surface area contributed by atoms with Crippen LogP contribution in [0.1, 0.15) is 16.1 Å². The zero-order valence-corrected chi connectivity index (χ0v) is 13.5. The number of pyridine rings is 1. The van der Waals surface area contributed by atoms with E-state index in [-0.39, 0.29) is 30.7 Å². The number of carbonyl (C=O) groups is 1. The van der Waals surface area contributed by atoms with Gasteiger partial charge in [-0.25, -0.2) is 4.98 Å². The Morgan fingerprint density at radius 2 is 2.00 bits per heavy atom. The summed E-state index contributed by atoms with van der Waals surface area (Å²) < 4.78 is 5.28. The molecular weight excluding hydrogens is 313 g/mol. The molecule has 2 heterocycles. The third-order valence-corrected chi connectivity index (χ3v) is 2.76. The van der Waals surface area contributed by atoms with E-state index in [1.165, 1.54) is 0 Å². The summed E-state index contributed by atoms with van der Waals surface area (Å²) in [4.78, 5) is 16.3. The quantitative estimate of drug-likeness (QED) is 0.826. The standard InChI is InChI=1S/C14H17N3O2.2ClH/c1-10-11(14(18)16-8-7-15-2)5-6-12(17-10)13-4-3-9-19-13;;/h3-6,9,15H,7-8H2,1-2H3,(H,16,18);2*1H. The number of halogens is 2. The molecule has 7 heteroatoms. The number of carbonyl (C=O) groups excluding carboxylic acids is 1. The van der Waals surface area contributed by atoms with Gasteiger partial charge in [0.15, 0.2) is 5.76 Å². The van der Waals surface area contributed by atoms with Gasteiger partial charge in [-0.05, 0) is 38.2 Å². The van der Waals surface area contributed by atoms with Gasteiger partial charge in [-0.3, -0.25) is 4.79 Å². The lowest BCUT2D eigenvalue weighted by Crippen LogP contribution is -2.31. The minimum absolute atomic E-state index is 0. The molecule has 21 heavy (non-hydrogen) atoms. The summed E-state index contributed by atoms with van der Waals surface area (Å²) in [7, 11) is 1.84. The zero-order chi connectivity index (χ0) is 13.7. The van der Waals surface area contributed by atoms with Crippen LogP contribution >= 0.6 is 24.8 Å². The molecule has 0 aliphatic rings. The first-order valence-electron chi connectivity index (χ1n) is 6.16. The molecule has 1 amide bonds. The highest BCUT2D eigenvalue weighted by molar-refractivity contribution is 5.95. The molecule has 2 N–H and O–H groups in total. The first-order valence-corrected chi connectivity index (χ1v) is 6.16. The number of likely N-dealkylation sites (N-methyl/N-ethyl adjacent to an activating group) is 1. The maximum absolute atomic E-state index is 11.9. The summed E-state index contributed by atoms with van der Waals surface area (Å²) in [5, 5.41) is 5.80. The smallest absolute Gasteiger partial charge is 0.253 e. The Balaban J connectivity index is 0.00000200. The van der Waals surface area contributed by atoms with Crippen molar-refractivity contribution < 1.29 is 9.21 Å². The van der Waals surface area contributed by atoms with Crippen LogP contribution in [-0.4, -0.2) is 31.0 Å². The van der Waals surface area contributed by atoms with E-state index in [1.807, 2.05) is 26.1 Å². The van der Waals surface area contributed by atoms with Crippen molar-refractivity contribution in [2.45, 2.75) is 6.92 Å². The topological polar surface area (TPSA) is 67.2 Å². The molecule has 0 saturated heterocycles. The maximum Gasteiger partial charge on any atom is 0.253 e. The maximum atomic E-state index is 11.9. The van der Waals surface area contributed by atoms with Crippen LogP contribution in [0.5, 0.6) is 0 Å². The van der Waals surface area contributed by atoms with Gasteiger partial charge in [0.1, 0.15) is 5.69 Å². The Morgan fingerprint density at radius 3 is 2.57 bits per heavy atom. The lowest BCUT2D eigenvalue weighted by Gasteiger charge is -2.07.